The van der Waals surface area contributed by atoms with Gasteiger partial charge in [-0.15, -0.1) is 0 Å². The molecule has 0 aromatic heterocycles. The maximum Gasteiger partial charge on any atom is 0.343 e. The van der Waals surface area contributed by atoms with Crippen LogP contribution in [0.2, 0.25) is 0 Å². The molecule has 3 rings (SSSR count). The Kier molecular flexibility index (Phi) is 12.4. The van der Waals surface area contributed by atoms with Crippen molar-refractivity contribution in [2.75, 3.05) is 6.61 Å². The van der Waals surface area contributed by atoms with Gasteiger partial charge in [0, 0.05) is 0 Å². The van der Waals surface area contributed by atoms with Crippen LogP contribution in [0.15, 0.2) is 48.5 Å². The second kappa shape index (κ2) is 15.7. The summed E-state index contributed by atoms with van der Waals surface area (Å²) in [6.45, 7) is 7.52. The summed E-state index contributed by atoms with van der Waals surface area (Å²) in [6, 6.07) is 15.2. The number of unbranched alkanes of at least 4 members (excludes halogenated alkanes) is 5. The Hall–Kier alpha value is -2.29. The van der Waals surface area contributed by atoms with Gasteiger partial charge in [-0.1, -0.05) is 97.1 Å². The lowest BCUT2D eigenvalue weighted by Gasteiger charge is -2.28. The van der Waals surface area contributed by atoms with E-state index in [4.69, 9.17) is 9.47 Å². The molecule has 3 nitrogen and oxygen atoms in total. The van der Waals surface area contributed by atoms with Crippen molar-refractivity contribution in [1.29, 1.82) is 0 Å². The van der Waals surface area contributed by atoms with Crippen molar-refractivity contribution < 1.29 is 14.3 Å². The van der Waals surface area contributed by atoms with Gasteiger partial charge < -0.3 is 9.47 Å². The molecular formula is C33H48O3. The first-order chi connectivity index (χ1) is 17.6. The Morgan fingerprint density at radius 3 is 2.08 bits per heavy atom. The molecule has 1 aliphatic carbocycles. The zero-order valence-electron chi connectivity index (χ0n) is 23.0. The van der Waals surface area contributed by atoms with Gasteiger partial charge in [0.25, 0.3) is 0 Å². The topological polar surface area (TPSA) is 35.5 Å². The standard InChI is InChI=1S/C33H48O3/c1-4-6-7-8-9-10-11-27-12-14-29(15-13-27)25-35-31-22-18-30(19-23-31)33(34)36-32-20-16-28(17-21-32)24-26(3)5-2/h16-23,26-27,29H,4-15,24-25H2,1-3H3/t26-,27-,29-/m0/s1. The molecular weight excluding hydrogens is 444 g/mol. The molecule has 0 aliphatic heterocycles. The van der Waals surface area contributed by atoms with Crippen LogP contribution in [0.5, 0.6) is 11.5 Å². The summed E-state index contributed by atoms with van der Waals surface area (Å²) >= 11 is 0. The van der Waals surface area contributed by atoms with E-state index in [0.717, 1.165) is 31.1 Å². The van der Waals surface area contributed by atoms with Gasteiger partial charge in [-0.3, -0.25) is 0 Å². The summed E-state index contributed by atoms with van der Waals surface area (Å²) in [5.74, 6) is 3.31. The molecule has 2 aromatic carbocycles. The summed E-state index contributed by atoms with van der Waals surface area (Å²) in [5, 5.41) is 0. The lowest BCUT2D eigenvalue weighted by molar-refractivity contribution is 0.0734. The minimum atomic E-state index is -0.333. The van der Waals surface area contributed by atoms with E-state index in [1.54, 1.807) is 12.1 Å². The lowest BCUT2D eigenvalue weighted by atomic mass is 9.80. The molecule has 1 fully saturated rings. The SMILES string of the molecule is CCCCCCCC[C@H]1CC[C@H](COc2ccc(C(=O)Oc3ccc(C[C@@H](C)CC)cc3)cc2)CC1. The van der Waals surface area contributed by atoms with E-state index in [-0.39, 0.29) is 5.97 Å². The number of ether oxygens (including phenoxy) is 2. The molecule has 0 heterocycles. The van der Waals surface area contributed by atoms with Crippen LogP contribution in [0.3, 0.4) is 0 Å². The maximum absolute atomic E-state index is 12.5. The predicted molar refractivity (Wildman–Crippen MR) is 150 cm³/mol. The fraction of sp³-hybridized carbons (Fsp3) is 0.606. The first kappa shape index (κ1) is 28.3. The minimum absolute atomic E-state index is 0.333. The molecule has 1 atom stereocenters. The summed E-state index contributed by atoms with van der Waals surface area (Å²) < 4.78 is 11.6. The van der Waals surface area contributed by atoms with Crippen LogP contribution in [0.4, 0.5) is 0 Å². The van der Waals surface area contributed by atoms with Gasteiger partial charge in [0.1, 0.15) is 11.5 Å². The van der Waals surface area contributed by atoms with Gasteiger partial charge in [0.05, 0.1) is 12.2 Å². The van der Waals surface area contributed by atoms with Crippen molar-refractivity contribution in [1.82, 2.24) is 0 Å². The van der Waals surface area contributed by atoms with E-state index in [1.807, 2.05) is 36.4 Å². The fourth-order valence-corrected chi connectivity index (χ4v) is 5.21. The Morgan fingerprint density at radius 1 is 0.806 bits per heavy atom. The predicted octanol–water partition coefficient (Wildman–Crippen LogP) is 9.43. The molecule has 0 spiro atoms. The molecule has 0 unspecified atom stereocenters. The zero-order valence-corrected chi connectivity index (χ0v) is 23.0. The highest BCUT2D eigenvalue weighted by atomic mass is 16.5. The fourth-order valence-electron chi connectivity index (χ4n) is 5.21. The van der Waals surface area contributed by atoms with Gasteiger partial charge in [0.15, 0.2) is 0 Å². The highest BCUT2D eigenvalue weighted by Gasteiger charge is 2.21. The number of esters is 1. The van der Waals surface area contributed by atoms with Crippen LogP contribution in [0, 0.1) is 17.8 Å². The van der Waals surface area contributed by atoms with E-state index < -0.39 is 0 Å². The molecule has 36 heavy (non-hydrogen) atoms. The molecule has 1 saturated carbocycles. The normalized spacial score (nSPS) is 18.5. The highest BCUT2D eigenvalue weighted by molar-refractivity contribution is 5.91. The molecule has 0 amide bonds. The van der Waals surface area contributed by atoms with Crippen molar-refractivity contribution in [2.24, 2.45) is 17.8 Å². The molecule has 0 N–H and O–H groups in total. The lowest BCUT2D eigenvalue weighted by Crippen LogP contribution is -2.20. The van der Waals surface area contributed by atoms with Crippen molar-refractivity contribution in [3.8, 4) is 11.5 Å². The van der Waals surface area contributed by atoms with E-state index in [9.17, 15) is 4.79 Å². The van der Waals surface area contributed by atoms with Gasteiger partial charge in [0.2, 0.25) is 0 Å². The second-order valence-electron chi connectivity index (χ2n) is 11.0. The summed E-state index contributed by atoms with van der Waals surface area (Å²) in [4.78, 5) is 12.5. The van der Waals surface area contributed by atoms with Crippen molar-refractivity contribution in [3.05, 3.63) is 59.7 Å². The Bertz CT molecular complexity index is 863. The van der Waals surface area contributed by atoms with Gasteiger partial charge in [-0.2, -0.15) is 0 Å². The first-order valence-electron chi connectivity index (χ1n) is 14.6. The highest BCUT2D eigenvalue weighted by Crippen LogP contribution is 2.32. The quantitative estimate of drug-likeness (QED) is 0.141. The van der Waals surface area contributed by atoms with Crippen LogP contribution in [0.1, 0.15) is 114 Å². The average molecular weight is 493 g/mol. The van der Waals surface area contributed by atoms with E-state index in [0.29, 0.717) is 23.1 Å². The monoisotopic (exact) mass is 492 g/mol. The van der Waals surface area contributed by atoms with Gasteiger partial charge in [-0.05, 0) is 79.0 Å². The minimum Gasteiger partial charge on any atom is -0.493 e. The molecule has 3 heteroatoms. The van der Waals surface area contributed by atoms with Crippen LogP contribution in [-0.4, -0.2) is 12.6 Å². The Balaban J connectivity index is 1.34. The Labute approximate surface area is 220 Å². The molecule has 0 bridgehead atoms. The first-order valence-corrected chi connectivity index (χ1v) is 14.6. The molecule has 198 valence electrons. The largest absolute Gasteiger partial charge is 0.493 e. The molecule has 2 aromatic rings. The third kappa shape index (κ3) is 9.99. The van der Waals surface area contributed by atoms with E-state index >= 15 is 0 Å². The van der Waals surface area contributed by atoms with Crippen molar-refractivity contribution in [2.45, 2.75) is 104 Å². The smallest absolute Gasteiger partial charge is 0.343 e. The van der Waals surface area contributed by atoms with Gasteiger partial charge >= 0.3 is 5.97 Å². The maximum atomic E-state index is 12.5. The number of hydrogen-bond donors (Lipinski definition) is 0. The average Bonchev–Trinajstić information content (AvgIpc) is 2.91. The van der Waals surface area contributed by atoms with E-state index in [2.05, 4.69) is 20.8 Å². The molecule has 0 radical (unpaired) electrons. The number of hydrogen-bond acceptors (Lipinski definition) is 3. The summed E-state index contributed by atoms with van der Waals surface area (Å²) in [7, 11) is 0. The number of carbonyl (C=O) groups excluding carboxylic acids is 1. The van der Waals surface area contributed by atoms with Crippen molar-refractivity contribution in [3.63, 3.8) is 0 Å². The number of carbonyl (C=O) groups is 1. The summed E-state index contributed by atoms with van der Waals surface area (Å²) in [6.07, 6.45) is 17.3. The third-order valence-corrected chi connectivity index (χ3v) is 7.92. The van der Waals surface area contributed by atoms with E-state index in [1.165, 1.54) is 76.2 Å². The van der Waals surface area contributed by atoms with Crippen LogP contribution in [-0.2, 0) is 6.42 Å². The summed E-state index contributed by atoms with van der Waals surface area (Å²) in [5.41, 5.74) is 1.82. The molecule has 1 aliphatic rings. The number of benzene rings is 2. The van der Waals surface area contributed by atoms with Crippen LogP contribution < -0.4 is 9.47 Å². The van der Waals surface area contributed by atoms with Gasteiger partial charge in [-0.25, -0.2) is 4.79 Å². The van der Waals surface area contributed by atoms with Crippen molar-refractivity contribution >= 4 is 5.97 Å². The van der Waals surface area contributed by atoms with Crippen LogP contribution >= 0.6 is 0 Å². The zero-order chi connectivity index (χ0) is 25.6. The van der Waals surface area contributed by atoms with Crippen LogP contribution in [0.25, 0.3) is 0 Å². The number of rotatable bonds is 15. The third-order valence-electron chi connectivity index (χ3n) is 7.92. The molecule has 0 saturated heterocycles. The second-order valence-corrected chi connectivity index (χ2v) is 11.0. The Morgan fingerprint density at radius 2 is 1.42 bits per heavy atom.